The number of hydrogen-bond donors (Lipinski definition) is 1. The van der Waals surface area contributed by atoms with E-state index in [-0.39, 0.29) is 0 Å². The summed E-state index contributed by atoms with van der Waals surface area (Å²) in [6.45, 7) is 7.63. The van der Waals surface area contributed by atoms with Crippen molar-refractivity contribution >= 4 is 23.2 Å². The van der Waals surface area contributed by atoms with Crippen molar-refractivity contribution in [3.63, 3.8) is 0 Å². The van der Waals surface area contributed by atoms with Crippen LogP contribution in [0.2, 0.25) is 10.0 Å². The SMILES string of the molecule is CCN(Cc1cc(Cl)cc(Cl)c1)CC1CCNC1. The lowest BCUT2D eigenvalue weighted by Gasteiger charge is -2.23. The van der Waals surface area contributed by atoms with Gasteiger partial charge < -0.3 is 5.32 Å². The van der Waals surface area contributed by atoms with Crippen molar-refractivity contribution in [1.29, 1.82) is 0 Å². The van der Waals surface area contributed by atoms with E-state index in [0.29, 0.717) is 0 Å². The monoisotopic (exact) mass is 286 g/mol. The molecule has 0 radical (unpaired) electrons. The highest BCUT2D eigenvalue weighted by molar-refractivity contribution is 6.34. The molecule has 0 spiro atoms. The molecular formula is C14H20Cl2N2. The molecule has 100 valence electrons. The number of hydrogen-bond acceptors (Lipinski definition) is 2. The fourth-order valence-corrected chi connectivity index (χ4v) is 3.07. The summed E-state index contributed by atoms with van der Waals surface area (Å²) in [4.78, 5) is 2.46. The lowest BCUT2D eigenvalue weighted by Crippen LogP contribution is -2.30. The molecule has 1 unspecified atom stereocenters. The van der Waals surface area contributed by atoms with Crippen LogP contribution in [0.5, 0.6) is 0 Å². The molecule has 1 aliphatic heterocycles. The van der Waals surface area contributed by atoms with Crippen LogP contribution in [0, 0.1) is 5.92 Å². The predicted octanol–water partition coefficient (Wildman–Crippen LogP) is 3.42. The number of rotatable bonds is 5. The van der Waals surface area contributed by atoms with Crippen LogP contribution in [0.15, 0.2) is 18.2 Å². The molecule has 0 bridgehead atoms. The molecule has 0 aliphatic carbocycles. The van der Waals surface area contributed by atoms with Crippen molar-refractivity contribution in [1.82, 2.24) is 10.2 Å². The fraction of sp³-hybridized carbons (Fsp3) is 0.571. The van der Waals surface area contributed by atoms with E-state index in [1.807, 2.05) is 12.1 Å². The lowest BCUT2D eigenvalue weighted by atomic mass is 10.1. The Labute approximate surface area is 119 Å². The maximum atomic E-state index is 6.03. The summed E-state index contributed by atoms with van der Waals surface area (Å²) in [6.07, 6.45) is 1.28. The van der Waals surface area contributed by atoms with Crippen molar-refractivity contribution < 1.29 is 0 Å². The van der Waals surface area contributed by atoms with Gasteiger partial charge in [-0.2, -0.15) is 0 Å². The molecule has 1 aromatic rings. The second-order valence-corrected chi connectivity index (χ2v) is 5.84. The maximum absolute atomic E-state index is 6.03. The molecule has 1 N–H and O–H groups in total. The van der Waals surface area contributed by atoms with E-state index in [9.17, 15) is 0 Å². The van der Waals surface area contributed by atoms with Crippen LogP contribution in [0.4, 0.5) is 0 Å². The Morgan fingerprint density at radius 3 is 2.56 bits per heavy atom. The van der Waals surface area contributed by atoms with Crippen molar-refractivity contribution in [2.75, 3.05) is 26.2 Å². The van der Waals surface area contributed by atoms with Gasteiger partial charge in [-0.3, -0.25) is 4.90 Å². The molecule has 1 fully saturated rings. The summed E-state index contributed by atoms with van der Waals surface area (Å²) in [6, 6.07) is 5.79. The smallest absolute Gasteiger partial charge is 0.0424 e. The van der Waals surface area contributed by atoms with Gasteiger partial charge in [0, 0.05) is 23.1 Å². The quantitative estimate of drug-likeness (QED) is 0.892. The Balaban J connectivity index is 1.95. The Morgan fingerprint density at radius 1 is 1.28 bits per heavy atom. The van der Waals surface area contributed by atoms with Crippen LogP contribution in [0.25, 0.3) is 0 Å². The molecule has 0 amide bonds. The van der Waals surface area contributed by atoms with E-state index in [1.54, 1.807) is 6.07 Å². The second kappa shape index (κ2) is 6.76. The summed E-state index contributed by atoms with van der Waals surface area (Å²) in [7, 11) is 0. The number of nitrogens with one attached hydrogen (secondary N) is 1. The van der Waals surface area contributed by atoms with Gasteiger partial charge in [-0.25, -0.2) is 0 Å². The molecule has 2 rings (SSSR count). The Morgan fingerprint density at radius 2 is 2.00 bits per heavy atom. The van der Waals surface area contributed by atoms with Crippen molar-refractivity contribution in [3.05, 3.63) is 33.8 Å². The van der Waals surface area contributed by atoms with Gasteiger partial charge in [0.25, 0.3) is 0 Å². The first kappa shape index (κ1) is 14.1. The minimum Gasteiger partial charge on any atom is -0.316 e. The standard InChI is InChI=1S/C14H20Cl2N2/c1-2-18(9-11-3-4-17-8-11)10-12-5-13(15)7-14(16)6-12/h5-7,11,17H,2-4,8-10H2,1H3. The van der Waals surface area contributed by atoms with Gasteiger partial charge >= 0.3 is 0 Å². The third-order valence-corrected chi connectivity index (χ3v) is 3.89. The van der Waals surface area contributed by atoms with E-state index in [0.717, 1.165) is 48.7 Å². The summed E-state index contributed by atoms with van der Waals surface area (Å²) in [5.41, 5.74) is 1.19. The van der Waals surface area contributed by atoms with Gasteiger partial charge in [-0.15, -0.1) is 0 Å². The first-order chi connectivity index (χ1) is 8.67. The number of benzene rings is 1. The first-order valence-electron chi connectivity index (χ1n) is 6.55. The minimum atomic E-state index is 0.719. The van der Waals surface area contributed by atoms with Gasteiger partial charge in [-0.1, -0.05) is 30.1 Å². The minimum absolute atomic E-state index is 0.719. The number of nitrogens with zero attached hydrogens (tertiary/aromatic N) is 1. The van der Waals surface area contributed by atoms with Crippen molar-refractivity contribution in [2.45, 2.75) is 19.9 Å². The Hall–Kier alpha value is -0.280. The third-order valence-electron chi connectivity index (χ3n) is 3.45. The zero-order valence-electron chi connectivity index (χ0n) is 10.8. The topological polar surface area (TPSA) is 15.3 Å². The first-order valence-corrected chi connectivity index (χ1v) is 7.31. The van der Waals surface area contributed by atoms with E-state index in [1.165, 1.54) is 12.0 Å². The van der Waals surface area contributed by atoms with E-state index in [2.05, 4.69) is 17.1 Å². The summed E-state index contributed by atoms with van der Waals surface area (Å²) in [5, 5.41) is 4.85. The van der Waals surface area contributed by atoms with Crippen LogP contribution >= 0.6 is 23.2 Å². The lowest BCUT2D eigenvalue weighted by molar-refractivity contribution is 0.240. The zero-order chi connectivity index (χ0) is 13.0. The van der Waals surface area contributed by atoms with E-state index in [4.69, 9.17) is 23.2 Å². The highest BCUT2D eigenvalue weighted by Gasteiger charge is 2.17. The van der Waals surface area contributed by atoms with Crippen LogP contribution < -0.4 is 5.32 Å². The number of halogens is 2. The Kier molecular flexibility index (Phi) is 5.31. The molecule has 1 heterocycles. The van der Waals surface area contributed by atoms with Crippen LogP contribution in [-0.2, 0) is 6.54 Å². The van der Waals surface area contributed by atoms with E-state index >= 15 is 0 Å². The van der Waals surface area contributed by atoms with Gasteiger partial charge in [0.05, 0.1) is 0 Å². The fourth-order valence-electron chi connectivity index (χ4n) is 2.50. The highest BCUT2D eigenvalue weighted by Crippen LogP contribution is 2.21. The molecule has 1 saturated heterocycles. The normalized spacial score (nSPS) is 19.7. The molecule has 1 atom stereocenters. The summed E-state index contributed by atoms with van der Waals surface area (Å²) < 4.78 is 0. The molecule has 2 nitrogen and oxygen atoms in total. The maximum Gasteiger partial charge on any atom is 0.0424 e. The predicted molar refractivity (Wildman–Crippen MR) is 78.4 cm³/mol. The van der Waals surface area contributed by atoms with Crippen LogP contribution in [0.1, 0.15) is 18.9 Å². The Bertz CT molecular complexity index is 369. The van der Waals surface area contributed by atoms with Gasteiger partial charge in [0.2, 0.25) is 0 Å². The average molecular weight is 287 g/mol. The van der Waals surface area contributed by atoms with Gasteiger partial charge in [0.1, 0.15) is 0 Å². The molecule has 18 heavy (non-hydrogen) atoms. The zero-order valence-corrected chi connectivity index (χ0v) is 12.3. The van der Waals surface area contributed by atoms with Crippen molar-refractivity contribution in [2.24, 2.45) is 5.92 Å². The van der Waals surface area contributed by atoms with Crippen molar-refractivity contribution in [3.8, 4) is 0 Å². The highest BCUT2D eigenvalue weighted by atomic mass is 35.5. The summed E-state index contributed by atoms with van der Waals surface area (Å²) in [5.74, 6) is 0.777. The largest absolute Gasteiger partial charge is 0.316 e. The molecular weight excluding hydrogens is 267 g/mol. The molecule has 0 aromatic heterocycles. The van der Waals surface area contributed by atoms with Crippen LogP contribution in [-0.4, -0.2) is 31.1 Å². The second-order valence-electron chi connectivity index (χ2n) is 4.96. The average Bonchev–Trinajstić information content (AvgIpc) is 2.79. The van der Waals surface area contributed by atoms with Crippen LogP contribution in [0.3, 0.4) is 0 Å². The van der Waals surface area contributed by atoms with E-state index < -0.39 is 0 Å². The molecule has 4 heteroatoms. The molecule has 1 aromatic carbocycles. The third kappa shape index (κ3) is 4.13. The molecule has 0 saturated carbocycles. The van der Waals surface area contributed by atoms with Gasteiger partial charge in [-0.05, 0) is 55.7 Å². The summed E-state index contributed by atoms with van der Waals surface area (Å²) >= 11 is 12.1. The molecule has 1 aliphatic rings. The van der Waals surface area contributed by atoms with Gasteiger partial charge in [0.15, 0.2) is 0 Å².